The highest BCUT2D eigenvalue weighted by Crippen LogP contribution is 2.58. The number of hydrogen-bond donors (Lipinski definition) is 0. The van der Waals surface area contributed by atoms with Crippen molar-refractivity contribution in [2.45, 2.75) is 6.54 Å². The van der Waals surface area contributed by atoms with Gasteiger partial charge in [-0.2, -0.15) is 0 Å². The van der Waals surface area contributed by atoms with Crippen molar-refractivity contribution in [3.63, 3.8) is 0 Å². The van der Waals surface area contributed by atoms with Gasteiger partial charge >= 0.3 is 0 Å². The molecule has 0 saturated heterocycles. The van der Waals surface area contributed by atoms with Gasteiger partial charge in [-0.25, -0.2) is 9.42 Å². The lowest BCUT2D eigenvalue weighted by Crippen LogP contribution is -2.32. The summed E-state index contributed by atoms with van der Waals surface area (Å²) in [5.41, 5.74) is 1.88. The number of ether oxygens (including phenoxy) is 2. The van der Waals surface area contributed by atoms with E-state index in [1.807, 2.05) is 59.5 Å². The fourth-order valence-electron chi connectivity index (χ4n) is 3.09. The second-order valence-corrected chi connectivity index (χ2v) is 10.2. The van der Waals surface area contributed by atoms with Crippen molar-refractivity contribution in [3.8, 4) is 24.0 Å². The van der Waals surface area contributed by atoms with Crippen molar-refractivity contribution in [2.75, 3.05) is 35.2 Å². The van der Waals surface area contributed by atoms with Crippen LogP contribution in [0.25, 0.3) is 0 Å². The molecule has 0 N–H and O–H groups in total. The molecule has 2 aromatic carbocycles. The van der Waals surface area contributed by atoms with Crippen LogP contribution in [0.1, 0.15) is 5.56 Å². The van der Waals surface area contributed by atoms with Crippen molar-refractivity contribution in [2.24, 2.45) is 4.74 Å². The summed E-state index contributed by atoms with van der Waals surface area (Å²) in [6, 6.07) is 14.6. The van der Waals surface area contributed by atoms with Crippen LogP contribution in [-0.2, 0) is 6.54 Å². The van der Waals surface area contributed by atoms with Gasteiger partial charge in [0, 0.05) is 6.54 Å². The molecular weight excluding hydrogens is 387 g/mol. The normalized spacial score (nSPS) is 11.2. The van der Waals surface area contributed by atoms with Crippen LogP contribution in [-0.4, -0.2) is 49.2 Å². The first kappa shape index (κ1) is 22.4. The van der Waals surface area contributed by atoms with Gasteiger partial charge in [0.1, 0.15) is 11.5 Å². The zero-order chi connectivity index (χ0) is 21.4. The molecule has 8 nitrogen and oxygen atoms in total. The molecule has 0 fully saturated rings. The summed E-state index contributed by atoms with van der Waals surface area (Å²) < 4.78 is 21.3. The van der Waals surface area contributed by atoms with Crippen molar-refractivity contribution >= 4 is 13.2 Å². The predicted molar refractivity (Wildman–Crippen MR) is 113 cm³/mol. The molecule has 0 aliphatic rings. The Labute approximate surface area is 172 Å². The maximum atomic E-state index is 8.65. The molecule has 9 heteroatoms. The van der Waals surface area contributed by atoms with E-state index in [2.05, 4.69) is 14.0 Å². The van der Waals surface area contributed by atoms with E-state index in [4.69, 9.17) is 24.7 Å². The fraction of sp³-hybridized carbons (Fsp3) is 0.300. The van der Waals surface area contributed by atoms with Crippen LogP contribution in [0.3, 0.4) is 0 Å². The SMILES string of the molecule is CN(C)P(=Nc1ccc(OC#N)cc1)(N(C)C)N(C)Cc1ccc(OC#N)cc1. The van der Waals surface area contributed by atoms with Gasteiger partial charge in [-0.3, -0.25) is 9.34 Å². The van der Waals surface area contributed by atoms with Gasteiger partial charge < -0.3 is 9.47 Å². The van der Waals surface area contributed by atoms with Crippen LogP contribution in [0.5, 0.6) is 11.5 Å². The van der Waals surface area contributed by atoms with E-state index >= 15 is 0 Å². The average molecular weight is 412 g/mol. The van der Waals surface area contributed by atoms with Crippen molar-refractivity contribution in [1.82, 2.24) is 14.0 Å². The van der Waals surface area contributed by atoms with Gasteiger partial charge in [-0.15, -0.1) is 10.5 Å². The molecule has 0 atom stereocenters. The average Bonchev–Trinajstić information content (AvgIpc) is 2.68. The van der Waals surface area contributed by atoms with Crippen LogP contribution in [0.15, 0.2) is 53.3 Å². The Kier molecular flexibility index (Phi) is 7.78. The lowest BCUT2D eigenvalue weighted by Gasteiger charge is -2.42. The van der Waals surface area contributed by atoms with Gasteiger partial charge in [-0.05, 0) is 77.2 Å². The molecular formula is C20H25N6O2P. The highest BCUT2D eigenvalue weighted by Gasteiger charge is 2.31. The Morgan fingerprint density at radius 3 is 1.66 bits per heavy atom. The molecule has 152 valence electrons. The van der Waals surface area contributed by atoms with Crippen molar-refractivity contribution in [3.05, 3.63) is 54.1 Å². The summed E-state index contributed by atoms with van der Waals surface area (Å²) in [5, 5.41) is 17.3. The number of nitrogens with zero attached hydrogens (tertiary/aromatic N) is 6. The quantitative estimate of drug-likeness (QED) is 0.473. The molecule has 2 aromatic rings. The van der Waals surface area contributed by atoms with Gasteiger partial charge in [0.05, 0.1) is 5.69 Å². The fourth-order valence-corrected chi connectivity index (χ4v) is 6.33. The van der Waals surface area contributed by atoms with Crippen LogP contribution in [0.4, 0.5) is 5.69 Å². The second-order valence-electron chi connectivity index (χ2n) is 6.67. The van der Waals surface area contributed by atoms with E-state index in [0.29, 0.717) is 18.0 Å². The first-order chi connectivity index (χ1) is 13.8. The monoisotopic (exact) mass is 412 g/mol. The molecule has 29 heavy (non-hydrogen) atoms. The van der Waals surface area contributed by atoms with E-state index < -0.39 is 7.51 Å². The molecule has 0 aliphatic heterocycles. The number of nitriles is 2. The molecule has 0 amide bonds. The second kappa shape index (κ2) is 10.1. The van der Waals surface area contributed by atoms with E-state index in [-0.39, 0.29) is 0 Å². The molecule has 0 spiro atoms. The standard InChI is InChI=1S/C20H25N6O2P/c1-24(2)29(25(3)4,23-18-8-12-20(13-9-18)28-16-22)26(5)14-17-6-10-19(11-7-17)27-15-21/h6-13H,14H2,1-5H3. The molecule has 0 saturated carbocycles. The summed E-state index contributed by atoms with van der Waals surface area (Å²) in [5.74, 6) is 1.00. The van der Waals surface area contributed by atoms with Crippen molar-refractivity contribution < 1.29 is 9.47 Å². The largest absolute Gasteiger partial charge is 0.388 e. The Balaban J connectivity index is 2.40. The summed E-state index contributed by atoms with van der Waals surface area (Å²) in [6.07, 6.45) is 3.35. The summed E-state index contributed by atoms with van der Waals surface area (Å²) in [4.78, 5) is 0. The minimum absolute atomic E-state index is 0.484. The molecule has 0 heterocycles. The number of hydrogen-bond acceptors (Lipinski definition) is 5. The Hall–Kier alpha value is -2.87. The summed E-state index contributed by atoms with van der Waals surface area (Å²) >= 11 is 0. The zero-order valence-electron chi connectivity index (χ0n) is 17.3. The van der Waals surface area contributed by atoms with E-state index in [1.165, 1.54) is 0 Å². The molecule has 0 unspecified atom stereocenters. The summed E-state index contributed by atoms with van der Waals surface area (Å²) in [7, 11) is 7.88. The Morgan fingerprint density at radius 2 is 1.24 bits per heavy atom. The van der Waals surface area contributed by atoms with Crippen LogP contribution in [0.2, 0.25) is 0 Å². The molecule has 0 radical (unpaired) electrons. The lowest BCUT2D eigenvalue weighted by atomic mass is 10.2. The van der Waals surface area contributed by atoms with E-state index in [0.717, 1.165) is 11.3 Å². The molecule has 0 aliphatic carbocycles. The Morgan fingerprint density at radius 1 is 0.793 bits per heavy atom. The maximum absolute atomic E-state index is 8.65. The van der Waals surface area contributed by atoms with Gasteiger partial charge in [0.25, 0.3) is 12.5 Å². The number of benzene rings is 2. The third-order valence-corrected chi connectivity index (χ3v) is 7.98. The third kappa shape index (κ3) is 5.35. The smallest absolute Gasteiger partial charge is 0.292 e. The highest BCUT2D eigenvalue weighted by molar-refractivity contribution is 7.59. The summed E-state index contributed by atoms with van der Waals surface area (Å²) in [6.45, 7) is 0.663. The minimum Gasteiger partial charge on any atom is -0.388 e. The topological polar surface area (TPSA) is 88.1 Å². The van der Waals surface area contributed by atoms with Crippen LogP contribution >= 0.6 is 7.51 Å². The van der Waals surface area contributed by atoms with E-state index in [1.54, 1.807) is 36.8 Å². The van der Waals surface area contributed by atoms with Gasteiger partial charge in [0.15, 0.2) is 7.51 Å². The maximum Gasteiger partial charge on any atom is 0.292 e. The molecule has 0 bridgehead atoms. The highest BCUT2D eigenvalue weighted by atomic mass is 31.2. The Bertz CT molecular complexity index is 931. The third-order valence-electron chi connectivity index (χ3n) is 4.28. The zero-order valence-corrected chi connectivity index (χ0v) is 18.2. The molecule has 2 rings (SSSR count). The lowest BCUT2D eigenvalue weighted by molar-refractivity contribution is 0.426. The van der Waals surface area contributed by atoms with Crippen molar-refractivity contribution in [1.29, 1.82) is 10.5 Å². The predicted octanol–water partition coefficient (Wildman–Crippen LogP) is 4.24. The van der Waals surface area contributed by atoms with Crippen LogP contribution < -0.4 is 9.47 Å². The minimum atomic E-state index is -2.24. The number of rotatable bonds is 8. The van der Waals surface area contributed by atoms with Gasteiger partial charge in [0.2, 0.25) is 0 Å². The first-order valence-electron chi connectivity index (χ1n) is 8.84. The van der Waals surface area contributed by atoms with Gasteiger partial charge in [-0.1, -0.05) is 12.1 Å². The molecule has 0 aromatic heterocycles. The first-order valence-corrected chi connectivity index (χ1v) is 10.4. The van der Waals surface area contributed by atoms with Crippen LogP contribution in [0, 0.1) is 23.0 Å². The van der Waals surface area contributed by atoms with E-state index in [9.17, 15) is 0 Å².